The molecule has 0 N–H and O–H groups in total. The molecule has 0 aromatic carbocycles. The number of amides is 2. The highest BCUT2D eigenvalue weighted by Crippen LogP contribution is 2.26. The number of likely N-dealkylation sites (tertiary alicyclic amines) is 2. The lowest BCUT2D eigenvalue weighted by Gasteiger charge is -2.33. The van der Waals surface area contributed by atoms with E-state index in [0.29, 0.717) is 6.54 Å². The Hall–Kier alpha value is -1.43. The maximum Gasteiger partial charge on any atom is 0.265 e. The smallest absolute Gasteiger partial charge is 0.265 e. The van der Waals surface area contributed by atoms with E-state index in [2.05, 4.69) is 11.9 Å². The largest absolute Gasteiger partial charge is 0.342 e. The molecule has 1 aromatic rings. The first kappa shape index (κ1) is 17.4. The van der Waals surface area contributed by atoms with Gasteiger partial charge in [0, 0.05) is 26.2 Å². The number of carbonyl (C=O) groups is 2. The molecule has 132 valence electrons. The van der Waals surface area contributed by atoms with E-state index in [-0.39, 0.29) is 17.7 Å². The van der Waals surface area contributed by atoms with Gasteiger partial charge in [-0.15, -0.1) is 11.3 Å². The summed E-state index contributed by atoms with van der Waals surface area (Å²) in [5.41, 5.74) is 0.835. The van der Waals surface area contributed by atoms with Crippen molar-refractivity contribution < 1.29 is 9.59 Å². The molecule has 3 rings (SSSR count). The molecule has 0 aliphatic carbocycles. The summed E-state index contributed by atoms with van der Waals surface area (Å²) in [6.45, 7) is 7.13. The first-order valence-electron chi connectivity index (χ1n) is 9.14. The van der Waals surface area contributed by atoms with Crippen LogP contribution in [0.4, 0.5) is 0 Å². The van der Waals surface area contributed by atoms with Crippen molar-refractivity contribution in [3.05, 3.63) is 15.6 Å². The van der Waals surface area contributed by atoms with Gasteiger partial charge in [-0.25, -0.2) is 4.98 Å². The molecule has 1 unspecified atom stereocenters. The maximum absolute atomic E-state index is 12.9. The van der Waals surface area contributed by atoms with Gasteiger partial charge in [-0.1, -0.05) is 6.92 Å². The number of hydrogen-bond donors (Lipinski definition) is 0. The molecular formula is C18H27N3O2S. The average molecular weight is 350 g/mol. The van der Waals surface area contributed by atoms with Crippen molar-refractivity contribution in [2.24, 2.45) is 5.92 Å². The van der Waals surface area contributed by atoms with E-state index in [1.807, 2.05) is 16.7 Å². The summed E-state index contributed by atoms with van der Waals surface area (Å²) >= 11 is 1.52. The van der Waals surface area contributed by atoms with E-state index >= 15 is 0 Å². The highest BCUT2D eigenvalue weighted by molar-refractivity contribution is 7.13. The van der Waals surface area contributed by atoms with Crippen LogP contribution in [-0.4, -0.2) is 52.8 Å². The van der Waals surface area contributed by atoms with Gasteiger partial charge in [0.2, 0.25) is 5.91 Å². The predicted molar refractivity (Wildman–Crippen MR) is 95.3 cm³/mol. The number of aryl methyl sites for hydroxylation is 2. The Morgan fingerprint density at radius 3 is 2.58 bits per heavy atom. The summed E-state index contributed by atoms with van der Waals surface area (Å²) in [5.74, 6) is 0.285. The molecule has 2 amide bonds. The molecule has 1 atom stereocenters. The lowest BCUT2D eigenvalue weighted by Crippen LogP contribution is -2.46. The highest BCUT2D eigenvalue weighted by atomic mass is 32.1. The number of hydrogen-bond acceptors (Lipinski definition) is 4. The molecule has 0 radical (unpaired) electrons. The molecular weight excluding hydrogens is 322 g/mol. The van der Waals surface area contributed by atoms with Crippen molar-refractivity contribution in [1.29, 1.82) is 0 Å². The average Bonchev–Trinajstić information content (AvgIpc) is 3.24. The Balaban J connectivity index is 1.67. The van der Waals surface area contributed by atoms with E-state index in [4.69, 9.17) is 0 Å². The second kappa shape index (κ2) is 7.64. The van der Waals surface area contributed by atoms with Crippen molar-refractivity contribution in [2.75, 3.05) is 26.2 Å². The Bertz CT molecular complexity index is 607. The number of carbonyl (C=O) groups excluding carboxylic acids is 2. The first-order valence-corrected chi connectivity index (χ1v) is 9.96. The molecule has 0 spiro atoms. The number of nitrogens with zero attached hydrogens (tertiary/aromatic N) is 3. The van der Waals surface area contributed by atoms with Crippen LogP contribution in [0.15, 0.2) is 0 Å². The van der Waals surface area contributed by atoms with Crippen LogP contribution in [0.2, 0.25) is 0 Å². The molecule has 0 saturated carbocycles. The van der Waals surface area contributed by atoms with Gasteiger partial charge in [-0.3, -0.25) is 9.59 Å². The second-order valence-electron chi connectivity index (χ2n) is 6.89. The summed E-state index contributed by atoms with van der Waals surface area (Å²) in [5, 5.41) is 1.04. The van der Waals surface area contributed by atoms with Gasteiger partial charge >= 0.3 is 0 Å². The van der Waals surface area contributed by atoms with Crippen molar-refractivity contribution in [3.63, 3.8) is 0 Å². The maximum atomic E-state index is 12.9. The third-order valence-corrected chi connectivity index (χ3v) is 6.18. The van der Waals surface area contributed by atoms with Crippen LogP contribution in [0.3, 0.4) is 0 Å². The Kier molecular flexibility index (Phi) is 5.54. The van der Waals surface area contributed by atoms with E-state index in [0.717, 1.165) is 73.7 Å². The predicted octanol–water partition coefficient (Wildman–Crippen LogP) is 2.88. The van der Waals surface area contributed by atoms with Crippen LogP contribution in [0.5, 0.6) is 0 Å². The van der Waals surface area contributed by atoms with E-state index < -0.39 is 0 Å². The lowest BCUT2D eigenvalue weighted by molar-refractivity contribution is -0.135. The van der Waals surface area contributed by atoms with Crippen LogP contribution in [0.25, 0.3) is 0 Å². The number of thiazole rings is 1. The van der Waals surface area contributed by atoms with Gasteiger partial charge < -0.3 is 9.80 Å². The van der Waals surface area contributed by atoms with Crippen LogP contribution in [0, 0.1) is 12.8 Å². The molecule has 1 aromatic heterocycles. The Morgan fingerprint density at radius 1 is 1.17 bits per heavy atom. The fraction of sp³-hybridized carbons (Fsp3) is 0.722. The minimum Gasteiger partial charge on any atom is -0.342 e. The highest BCUT2D eigenvalue weighted by Gasteiger charge is 2.33. The lowest BCUT2D eigenvalue weighted by atomic mass is 9.96. The monoisotopic (exact) mass is 349 g/mol. The molecule has 6 heteroatoms. The van der Waals surface area contributed by atoms with E-state index in [1.165, 1.54) is 11.3 Å². The molecule has 2 aliphatic heterocycles. The summed E-state index contributed by atoms with van der Waals surface area (Å²) < 4.78 is 0. The van der Waals surface area contributed by atoms with Crippen molar-refractivity contribution >= 4 is 23.2 Å². The fourth-order valence-corrected chi connectivity index (χ4v) is 4.81. The van der Waals surface area contributed by atoms with E-state index in [9.17, 15) is 9.59 Å². The van der Waals surface area contributed by atoms with Crippen molar-refractivity contribution in [1.82, 2.24) is 14.8 Å². The number of rotatable bonds is 4. The normalized spacial score (nSPS) is 21.3. The zero-order chi connectivity index (χ0) is 17.1. The molecule has 2 saturated heterocycles. The number of piperidine rings is 1. The molecule has 2 fully saturated rings. The standard InChI is InChI=1S/C18H27N3O2S/c1-3-7-15-19-13(2)16(24-15)18(23)21-11-6-8-14(12-21)17(22)20-9-4-5-10-20/h14H,3-12H2,1-2H3. The topological polar surface area (TPSA) is 53.5 Å². The van der Waals surface area contributed by atoms with Gasteiger partial charge in [-0.2, -0.15) is 0 Å². The first-order chi connectivity index (χ1) is 11.6. The third-order valence-electron chi connectivity index (χ3n) is 4.97. The molecule has 24 heavy (non-hydrogen) atoms. The van der Waals surface area contributed by atoms with Gasteiger partial charge in [0.05, 0.1) is 16.6 Å². The fourth-order valence-electron chi connectivity index (χ4n) is 3.67. The van der Waals surface area contributed by atoms with Crippen molar-refractivity contribution in [2.45, 2.75) is 52.4 Å². The molecule has 3 heterocycles. The zero-order valence-corrected chi connectivity index (χ0v) is 15.5. The van der Waals surface area contributed by atoms with Gasteiger partial charge in [0.15, 0.2) is 0 Å². The van der Waals surface area contributed by atoms with Crippen LogP contribution >= 0.6 is 11.3 Å². The SMILES string of the molecule is CCCc1nc(C)c(C(=O)N2CCCC(C(=O)N3CCCC3)C2)s1. The van der Waals surface area contributed by atoms with Crippen LogP contribution < -0.4 is 0 Å². The Labute approximate surface area is 148 Å². The molecule has 0 bridgehead atoms. The van der Waals surface area contributed by atoms with Gasteiger partial charge in [0.1, 0.15) is 4.88 Å². The Morgan fingerprint density at radius 2 is 1.88 bits per heavy atom. The van der Waals surface area contributed by atoms with Gasteiger partial charge in [0.25, 0.3) is 5.91 Å². The second-order valence-corrected chi connectivity index (χ2v) is 7.98. The summed E-state index contributed by atoms with van der Waals surface area (Å²) in [7, 11) is 0. The summed E-state index contributed by atoms with van der Waals surface area (Å²) in [6.07, 6.45) is 6.01. The van der Waals surface area contributed by atoms with E-state index in [1.54, 1.807) is 0 Å². The minimum absolute atomic E-state index is 0.0239. The van der Waals surface area contributed by atoms with Crippen LogP contribution in [-0.2, 0) is 11.2 Å². The molecule has 2 aliphatic rings. The summed E-state index contributed by atoms with van der Waals surface area (Å²) in [4.78, 5) is 34.7. The summed E-state index contributed by atoms with van der Waals surface area (Å²) in [6, 6.07) is 0. The van der Waals surface area contributed by atoms with Gasteiger partial charge in [-0.05, 0) is 45.4 Å². The van der Waals surface area contributed by atoms with Crippen LogP contribution in [0.1, 0.15) is 59.4 Å². The quantitative estimate of drug-likeness (QED) is 0.840. The minimum atomic E-state index is -0.0239. The zero-order valence-electron chi connectivity index (χ0n) is 14.7. The third kappa shape index (κ3) is 3.63. The van der Waals surface area contributed by atoms with Crippen molar-refractivity contribution in [3.8, 4) is 0 Å². The number of aromatic nitrogens is 1. The molecule has 5 nitrogen and oxygen atoms in total.